The van der Waals surface area contributed by atoms with Gasteiger partial charge < -0.3 is 10.4 Å². The Bertz CT molecular complexity index is 430. The largest absolute Gasteiger partial charge is 0.481 e. The van der Waals surface area contributed by atoms with Gasteiger partial charge in [-0.3, -0.25) is 4.79 Å². The fraction of sp³-hybridized carbons (Fsp3) is 0.462. The third-order valence-electron chi connectivity index (χ3n) is 3.33. The van der Waals surface area contributed by atoms with Crippen LogP contribution in [0.4, 0.5) is 14.5 Å². The molecule has 18 heavy (non-hydrogen) atoms. The highest BCUT2D eigenvalue weighted by atomic mass is 19.1. The van der Waals surface area contributed by atoms with E-state index in [9.17, 15) is 13.6 Å². The van der Waals surface area contributed by atoms with Crippen LogP contribution in [0.1, 0.15) is 25.7 Å². The van der Waals surface area contributed by atoms with Crippen molar-refractivity contribution in [3.8, 4) is 0 Å². The first kappa shape index (κ1) is 12.8. The molecule has 2 rings (SSSR count). The van der Waals surface area contributed by atoms with Gasteiger partial charge in [0, 0.05) is 6.04 Å². The van der Waals surface area contributed by atoms with E-state index in [0.717, 1.165) is 12.8 Å². The van der Waals surface area contributed by atoms with Gasteiger partial charge in [-0.1, -0.05) is 12.5 Å². The van der Waals surface area contributed by atoms with Crippen LogP contribution >= 0.6 is 0 Å². The van der Waals surface area contributed by atoms with Gasteiger partial charge in [-0.15, -0.1) is 0 Å². The zero-order valence-corrected chi connectivity index (χ0v) is 9.83. The molecule has 1 aliphatic rings. The highest BCUT2D eigenvalue weighted by molar-refractivity contribution is 5.70. The molecule has 0 spiro atoms. The van der Waals surface area contributed by atoms with E-state index in [-0.39, 0.29) is 11.7 Å². The van der Waals surface area contributed by atoms with E-state index in [4.69, 9.17) is 5.11 Å². The summed E-state index contributed by atoms with van der Waals surface area (Å²) >= 11 is 0. The zero-order valence-electron chi connectivity index (χ0n) is 9.83. The first-order valence-electron chi connectivity index (χ1n) is 6.01. The summed E-state index contributed by atoms with van der Waals surface area (Å²) in [6.07, 6.45) is 2.53. The van der Waals surface area contributed by atoms with Gasteiger partial charge in [-0.2, -0.15) is 0 Å². The van der Waals surface area contributed by atoms with Crippen molar-refractivity contribution in [2.24, 2.45) is 5.92 Å². The summed E-state index contributed by atoms with van der Waals surface area (Å²) in [7, 11) is 0. The smallest absolute Gasteiger partial charge is 0.306 e. The van der Waals surface area contributed by atoms with Crippen LogP contribution in [0.2, 0.25) is 0 Å². The normalized spacial score (nSPS) is 23.7. The first-order chi connectivity index (χ1) is 8.58. The number of aliphatic carboxylic acids is 1. The summed E-state index contributed by atoms with van der Waals surface area (Å²) in [5.74, 6) is -2.55. The number of rotatable bonds is 3. The van der Waals surface area contributed by atoms with Crippen LogP contribution in [0.15, 0.2) is 18.2 Å². The van der Waals surface area contributed by atoms with Gasteiger partial charge in [0.05, 0.1) is 5.92 Å². The molecule has 3 nitrogen and oxygen atoms in total. The van der Waals surface area contributed by atoms with Crippen LogP contribution in [0.3, 0.4) is 0 Å². The fourth-order valence-corrected chi connectivity index (χ4v) is 2.39. The molecule has 2 atom stereocenters. The second kappa shape index (κ2) is 5.33. The highest BCUT2D eigenvalue weighted by Gasteiger charge is 2.27. The van der Waals surface area contributed by atoms with Gasteiger partial charge >= 0.3 is 5.97 Å². The number of hydrogen-bond acceptors (Lipinski definition) is 2. The second-order valence-corrected chi connectivity index (χ2v) is 4.64. The summed E-state index contributed by atoms with van der Waals surface area (Å²) in [5, 5.41) is 11.7. The summed E-state index contributed by atoms with van der Waals surface area (Å²) in [6.45, 7) is 0. The highest BCUT2D eigenvalue weighted by Crippen LogP contribution is 2.28. The molecule has 1 aliphatic carbocycles. The van der Waals surface area contributed by atoms with E-state index in [1.807, 2.05) is 0 Å². The predicted octanol–water partition coefficient (Wildman–Crippen LogP) is 3.02. The van der Waals surface area contributed by atoms with Crippen molar-refractivity contribution in [3.05, 3.63) is 29.8 Å². The Kier molecular flexibility index (Phi) is 3.79. The molecule has 5 heteroatoms. The lowest BCUT2D eigenvalue weighted by atomic mass is 9.85. The number of hydrogen-bond donors (Lipinski definition) is 2. The Labute approximate surface area is 104 Å². The van der Waals surface area contributed by atoms with Crippen molar-refractivity contribution < 1.29 is 18.7 Å². The van der Waals surface area contributed by atoms with Gasteiger partial charge in [-0.05, 0) is 31.4 Å². The van der Waals surface area contributed by atoms with Gasteiger partial charge in [0.1, 0.15) is 17.3 Å². The molecule has 2 N–H and O–H groups in total. The van der Waals surface area contributed by atoms with E-state index in [2.05, 4.69) is 5.32 Å². The van der Waals surface area contributed by atoms with E-state index < -0.39 is 23.5 Å². The number of carbonyl (C=O) groups is 1. The Balaban J connectivity index is 2.07. The van der Waals surface area contributed by atoms with Crippen molar-refractivity contribution in [2.75, 3.05) is 5.32 Å². The van der Waals surface area contributed by atoms with Gasteiger partial charge in [0.2, 0.25) is 0 Å². The van der Waals surface area contributed by atoms with Crippen molar-refractivity contribution in [1.82, 2.24) is 0 Å². The molecule has 1 fully saturated rings. The lowest BCUT2D eigenvalue weighted by Crippen LogP contribution is -2.31. The summed E-state index contributed by atoms with van der Waals surface area (Å²) in [6, 6.07) is 3.48. The number of carboxylic acid groups (broad SMARTS) is 1. The van der Waals surface area contributed by atoms with Crippen molar-refractivity contribution in [3.63, 3.8) is 0 Å². The van der Waals surface area contributed by atoms with Gasteiger partial charge in [0.25, 0.3) is 0 Å². The first-order valence-corrected chi connectivity index (χ1v) is 6.01. The van der Waals surface area contributed by atoms with Gasteiger partial charge in [0.15, 0.2) is 0 Å². The van der Waals surface area contributed by atoms with Crippen LogP contribution in [-0.2, 0) is 4.79 Å². The van der Waals surface area contributed by atoms with E-state index >= 15 is 0 Å². The molecule has 0 amide bonds. The molecule has 0 bridgehead atoms. The lowest BCUT2D eigenvalue weighted by Gasteiger charge is -2.28. The number of halogens is 2. The zero-order chi connectivity index (χ0) is 13.1. The van der Waals surface area contributed by atoms with Crippen LogP contribution in [0.25, 0.3) is 0 Å². The van der Waals surface area contributed by atoms with E-state index in [0.29, 0.717) is 12.8 Å². The lowest BCUT2D eigenvalue weighted by molar-refractivity contribution is -0.142. The summed E-state index contributed by atoms with van der Waals surface area (Å²) in [5.41, 5.74) is -0.159. The molecule has 0 radical (unpaired) electrons. The Morgan fingerprint density at radius 2 is 1.94 bits per heavy atom. The minimum Gasteiger partial charge on any atom is -0.481 e. The molecular formula is C13H15F2NO2. The fourth-order valence-electron chi connectivity index (χ4n) is 2.39. The molecule has 0 aliphatic heterocycles. The van der Waals surface area contributed by atoms with Crippen molar-refractivity contribution in [2.45, 2.75) is 31.7 Å². The SMILES string of the molecule is O=C(O)C1CCCC(Nc2c(F)cccc2F)C1. The Morgan fingerprint density at radius 3 is 2.56 bits per heavy atom. The minimum absolute atomic E-state index is 0.159. The maximum atomic E-state index is 13.4. The molecule has 1 saturated carbocycles. The number of nitrogens with one attached hydrogen (secondary N) is 1. The molecule has 1 aromatic rings. The summed E-state index contributed by atoms with van der Waals surface area (Å²) in [4.78, 5) is 10.9. The molecular weight excluding hydrogens is 240 g/mol. The number of para-hydroxylation sites is 1. The van der Waals surface area contributed by atoms with Crippen LogP contribution in [-0.4, -0.2) is 17.1 Å². The third kappa shape index (κ3) is 2.78. The predicted molar refractivity (Wildman–Crippen MR) is 63.4 cm³/mol. The second-order valence-electron chi connectivity index (χ2n) is 4.64. The van der Waals surface area contributed by atoms with Crippen molar-refractivity contribution >= 4 is 11.7 Å². The number of anilines is 1. The molecule has 1 aromatic carbocycles. The summed E-state index contributed by atoms with van der Waals surface area (Å²) < 4.78 is 26.9. The van der Waals surface area contributed by atoms with Crippen molar-refractivity contribution in [1.29, 1.82) is 0 Å². The molecule has 2 unspecified atom stereocenters. The maximum Gasteiger partial charge on any atom is 0.306 e. The maximum absolute atomic E-state index is 13.4. The molecule has 0 aromatic heterocycles. The third-order valence-corrected chi connectivity index (χ3v) is 3.33. The standard InChI is InChI=1S/C13H15F2NO2/c14-10-5-2-6-11(15)12(10)16-9-4-1-3-8(7-9)13(17)18/h2,5-6,8-9,16H,1,3-4,7H2,(H,17,18). The van der Waals surface area contributed by atoms with E-state index in [1.54, 1.807) is 0 Å². The molecule has 0 heterocycles. The molecule has 98 valence electrons. The average molecular weight is 255 g/mol. The Hall–Kier alpha value is -1.65. The molecule has 0 saturated heterocycles. The Morgan fingerprint density at radius 1 is 1.28 bits per heavy atom. The average Bonchev–Trinajstić information content (AvgIpc) is 2.34. The van der Waals surface area contributed by atoms with E-state index in [1.165, 1.54) is 18.2 Å². The van der Waals surface area contributed by atoms with Crippen LogP contribution < -0.4 is 5.32 Å². The van der Waals surface area contributed by atoms with Crippen LogP contribution in [0.5, 0.6) is 0 Å². The number of benzene rings is 1. The van der Waals surface area contributed by atoms with Crippen LogP contribution in [0, 0.1) is 17.6 Å². The quantitative estimate of drug-likeness (QED) is 0.872. The van der Waals surface area contributed by atoms with Gasteiger partial charge in [-0.25, -0.2) is 8.78 Å². The topological polar surface area (TPSA) is 49.3 Å². The monoisotopic (exact) mass is 255 g/mol. The number of carboxylic acids is 1. The minimum atomic E-state index is -0.837.